The second kappa shape index (κ2) is 7.70. The highest BCUT2D eigenvalue weighted by molar-refractivity contribution is 9.10. The number of hydrogen-bond donors (Lipinski definition) is 1. The molecule has 1 heterocycles. The Morgan fingerprint density at radius 2 is 1.92 bits per heavy atom. The van der Waals surface area contributed by atoms with Crippen LogP contribution in [0.15, 0.2) is 34.1 Å². The number of rotatable bonds is 5. The molecule has 0 saturated heterocycles. The second-order valence-corrected chi connectivity index (χ2v) is 8.23. The summed E-state index contributed by atoms with van der Waals surface area (Å²) in [6, 6.07) is 7.74. The first-order valence-corrected chi connectivity index (χ1v) is 10.0. The van der Waals surface area contributed by atoms with Crippen molar-refractivity contribution in [3.63, 3.8) is 0 Å². The van der Waals surface area contributed by atoms with Crippen LogP contribution in [-0.2, 0) is 9.53 Å². The third kappa shape index (κ3) is 4.12. The molecule has 1 aromatic heterocycles. The van der Waals surface area contributed by atoms with Gasteiger partial charge in [0.1, 0.15) is 10.6 Å². The quantitative estimate of drug-likeness (QED) is 0.649. The van der Waals surface area contributed by atoms with Gasteiger partial charge in [0.25, 0.3) is 0 Å². The van der Waals surface area contributed by atoms with Crippen LogP contribution in [0.2, 0.25) is 0 Å². The van der Waals surface area contributed by atoms with Crippen LogP contribution in [0.25, 0.3) is 11.1 Å². The van der Waals surface area contributed by atoms with Gasteiger partial charge in [0.15, 0.2) is 0 Å². The summed E-state index contributed by atoms with van der Waals surface area (Å²) in [6.45, 7) is 3.63. The maximum Gasteiger partial charge on any atom is 0.342 e. The van der Waals surface area contributed by atoms with Gasteiger partial charge in [0, 0.05) is 21.3 Å². The topological polar surface area (TPSA) is 55.4 Å². The molecular formula is C19H20BrNO3S. The Hall–Kier alpha value is -1.66. The van der Waals surface area contributed by atoms with Gasteiger partial charge in [0.2, 0.25) is 5.91 Å². The Kier molecular flexibility index (Phi) is 5.59. The third-order valence-corrected chi connectivity index (χ3v) is 5.63. The van der Waals surface area contributed by atoms with Gasteiger partial charge in [-0.1, -0.05) is 34.5 Å². The molecule has 1 fully saturated rings. The van der Waals surface area contributed by atoms with Crippen LogP contribution in [0.5, 0.6) is 0 Å². The molecule has 0 atom stereocenters. The maximum atomic E-state index is 12.7. The number of ether oxygens (including phenoxy) is 1. The highest BCUT2D eigenvalue weighted by atomic mass is 79.9. The van der Waals surface area contributed by atoms with Gasteiger partial charge in [-0.05, 0) is 44.4 Å². The van der Waals surface area contributed by atoms with Gasteiger partial charge in [-0.2, -0.15) is 0 Å². The van der Waals surface area contributed by atoms with Crippen molar-refractivity contribution in [3.8, 4) is 11.1 Å². The van der Waals surface area contributed by atoms with Crippen LogP contribution in [0.3, 0.4) is 0 Å². The Morgan fingerprint density at radius 1 is 1.24 bits per heavy atom. The zero-order valence-electron chi connectivity index (χ0n) is 14.2. The van der Waals surface area contributed by atoms with Crippen LogP contribution in [0, 0.1) is 5.92 Å². The average Bonchev–Trinajstić information content (AvgIpc) is 2.89. The van der Waals surface area contributed by atoms with Gasteiger partial charge in [-0.25, -0.2) is 4.79 Å². The number of carbonyl (C=O) groups is 2. The molecule has 4 nitrogen and oxygen atoms in total. The zero-order chi connectivity index (χ0) is 18.0. The number of nitrogens with one attached hydrogen (secondary N) is 1. The summed E-state index contributed by atoms with van der Waals surface area (Å²) in [5, 5.41) is 5.41. The van der Waals surface area contributed by atoms with E-state index in [1.807, 2.05) is 43.5 Å². The number of anilines is 1. The van der Waals surface area contributed by atoms with Gasteiger partial charge >= 0.3 is 5.97 Å². The summed E-state index contributed by atoms with van der Waals surface area (Å²) in [5.41, 5.74) is 2.14. The van der Waals surface area contributed by atoms with E-state index in [2.05, 4.69) is 21.2 Å². The molecule has 1 aliphatic rings. The monoisotopic (exact) mass is 421 g/mol. The lowest BCUT2D eigenvalue weighted by Gasteiger charge is -2.24. The molecule has 132 valence electrons. The van der Waals surface area contributed by atoms with Crippen molar-refractivity contribution in [2.75, 3.05) is 5.32 Å². The molecule has 0 unspecified atom stereocenters. The summed E-state index contributed by atoms with van der Waals surface area (Å²) in [6.07, 6.45) is 2.71. The normalized spacial score (nSPS) is 14.2. The number of thiophene rings is 1. The first kappa shape index (κ1) is 18.1. The highest BCUT2D eigenvalue weighted by Crippen LogP contribution is 2.38. The number of benzene rings is 1. The summed E-state index contributed by atoms with van der Waals surface area (Å²) in [4.78, 5) is 25.0. The minimum atomic E-state index is -0.405. The summed E-state index contributed by atoms with van der Waals surface area (Å²) in [5.74, 6) is -0.348. The number of esters is 1. The Balaban J connectivity index is 1.95. The van der Waals surface area contributed by atoms with E-state index in [0.717, 1.165) is 34.9 Å². The molecule has 1 amide bonds. The second-order valence-electron chi connectivity index (χ2n) is 6.43. The number of amides is 1. The molecule has 1 N–H and O–H groups in total. The lowest BCUT2D eigenvalue weighted by Crippen LogP contribution is -2.28. The molecule has 3 rings (SSSR count). The SMILES string of the molecule is CC(C)OC(=O)c1c(-c2ccc(Br)cc2)csc1NC(=O)C1CCC1. The fraction of sp³-hybridized carbons (Fsp3) is 0.368. The molecule has 25 heavy (non-hydrogen) atoms. The van der Waals surface area contributed by atoms with Crippen molar-refractivity contribution in [2.24, 2.45) is 5.92 Å². The third-order valence-electron chi connectivity index (χ3n) is 4.21. The lowest BCUT2D eigenvalue weighted by molar-refractivity contribution is -0.122. The number of hydrogen-bond acceptors (Lipinski definition) is 4. The van der Waals surface area contributed by atoms with E-state index < -0.39 is 5.97 Å². The largest absolute Gasteiger partial charge is 0.459 e. The Labute approximate surface area is 159 Å². The van der Waals surface area contributed by atoms with Crippen molar-refractivity contribution in [2.45, 2.75) is 39.2 Å². The van der Waals surface area contributed by atoms with Gasteiger partial charge in [0.05, 0.1) is 6.10 Å². The number of carbonyl (C=O) groups excluding carboxylic acids is 2. The molecule has 1 aromatic carbocycles. The molecule has 1 saturated carbocycles. The molecule has 0 radical (unpaired) electrons. The average molecular weight is 422 g/mol. The molecular weight excluding hydrogens is 402 g/mol. The summed E-state index contributed by atoms with van der Waals surface area (Å²) < 4.78 is 6.38. The smallest absolute Gasteiger partial charge is 0.342 e. The van der Waals surface area contributed by atoms with Crippen molar-refractivity contribution < 1.29 is 14.3 Å². The van der Waals surface area contributed by atoms with Crippen molar-refractivity contribution >= 4 is 44.1 Å². The van der Waals surface area contributed by atoms with Gasteiger partial charge in [-0.3, -0.25) is 4.79 Å². The van der Waals surface area contributed by atoms with E-state index in [1.54, 1.807) is 0 Å². The van der Waals surface area contributed by atoms with Gasteiger partial charge in [-0.15, -0.1) is 11.3 Å². The van der Waals surface area contributed by atoms with E-state index in [-0.39, 0.29) is 17.9 Å². The number of halogens is 1. The molecule has 0 aliphatic heterocycles. The van der Waals surface area contributed by atoms with Crippen LogP contribution in [0.4, 0.5) is 5.00 Å². The van der Waals surface area contributed by atoms with Gasteiger partial charge < -0.3 is 10.1 Å². The molecule has 0 spiro atoms. The minimum Gasteiger partial charge on any atom is -0.459 e. The van der Waals surface area contributed by atoms with Crippen molar-refractivity contribution in [3.05, 3.63) is 39.7 Å². The maximum absolute atomic E-state index is 12.7. The predicted molar refractivity (Wildman–Crippen MR) is 104 cm³/mol. The summed E-state index contributed by atoms with van der Waals surface area (Å²) in [7, 11) is 0. The summed E-state index contributed by atoms with van der Waals surface area (Å²) >= 11 is 4.79. The van der Waals surface area contributed by atoms with E-state index >= 15 is 0 Å². The molecule has 0 bridgehead atoms. The van der Waals surface area contributed by atoms with Crippen LogP contribution in [0.1, 0.15) is 43.5 Å². The first-order chi connectivity index (χ1) is 12.0. The van der Waals surface area contributed by atoms with Crippen molar-refractivity contribution in [1.82, 2.24) is 0 Å². The molecule has 2 aromatic rings. The minimum absolute atomic E-state index is 0.00551. The van der Waals surface area contributed by atoms with E-state index in [9.17, 15) is 9.59 Å². The highest BCUT2D eigenvalue weighted by Gasteiger charge is 2.28. The molecule has 1 aliphatic carbocycles. The fourth-order valence-corrected chi connectivity index (χ4v) is 3.88. The Morgan fingerprint density at radius 3 is 2.48 bits per heavy atom. The molecule has 6 heteroatoms. The van der Waals surface area contributed by atoms with Crippen LogP contribution >= 0.6 is 27.3 Å². The van der Waals surface area contributed by atoms with Crippen molar-refractivity contribution in [1.29, 1.82) is 0 Å². The van der Waals surface area contributed by atoms with E-state index in [4.69, 9.17) is 4.74 Å². The predicted octanol–water partition coefficient (Wildman–Crippen LogP) is 5.48. The van der Waals surface area contributed by atoms with Crippen LogP contribution in [-0.4, -0.2) is 18.0 Å². The lowest BCUT2D eigenvalue weighted by atomic mass is 9.85. The van der Waals surface area contributed by atoms with E-state index in [1.165, 1.54) is 11.3 Å². The zero-order valence-corrected chi connectivity index (χ0v) is 16.6. The van der Waals surface area contributed by atoms with E-state index in [0.29, 0.717) is 10.6 Å². The standard InChI is InChI=1S/C19H20BrNO3S/c1-11(2)24-19(23)16-15(12-6-8-14(20)9-7-12)10-25-18(16)21-17(22)13-4-3-5-13/h6-11,13H,3-5H2,1-2H3,(H,21,22). The first-order valence-electron chi connectivity index (χ1n) is 8.35. The Bertz CT molecular complexity index is 778. The fourth-order valence-electron chi connectivity index (χ4n) is 2.65. The van der Waals surface area contributed by atoms with Crippen LogP contribution < -0.4 is 5.32 Å².